The van der Waals surface area contributed by atoms with Crippen LogP contribution in [0.3, 0.4) is 0 Å². The second-order valence-corrected chi connectivity index (χ2v) is 11.9. The molecule has 3 fully saturated rings. The number of alkyl halides is 2. The van der Waals surface area contributed by atoms with Crippen molar-refractivity contribution in [2.45, 2.75) is 56.3 Å². The lowest BCUT2D eigenvalue weighted by molar-refractivity contribution is -0.150. The number of aliphatic hydroxyl groups is 1. The fourth-order valence-corrected chi connectivity index (χ4v) is 6.17. The van der Waals surface area contributed by atoms with Crippen molar-refractivity contribution in [1.82, 2.24) is 19.8 Å². The summed E-state index contributed by atoms with van der Waals surface area (Å²) in [5.41, 5.74) is 2.60. The fourth-order valence-electron chi connectivity index (χ4n) is 6.17. The molecule has 0 bridgehead atoms. The van der Waals surface area contributed by atoms with Gasteiger partial charge in [-0.15, -0.1) is 0 Å². The molecule has 1 atom stereocenters. The molecule has 1 amide bonds. The summed E-state index contributed by atoms with van der Waals surface area (Å²) in [6.45, 7) is 4.09. The molecular formula is C33H35F3N6O4. The van der Waals surface area contributed by atoms with Crippen molar-refractivity contribution in [2.75, 3.05) is 44.7 Å². The number of nitriles is 1. The highest BCUT2D eigenvalue weighted by Gasteiger charge is 2.33. The monoisotopic (exact) mass is 636 g/mol. The molecular weight excluding hydrogens is 601 g/mol. The summed E-state index contributed by atoms with van der Waals surface area (Å²) in [5.74, 6) is -0.678. The summed E-state index contributed by atoms with van der Waals surface area (Å²) in [5, 5.41) is 22.3. The predicted molar refractivity (Wildman–Crippen MR) is 162 cm³/mol. The van der Waals surface area contributed by atoms with Crippen LogP contribution in [0.25, 0.3) is 11.3 Å². The number of aliphatic hydroxyl groups excluding tert-OH is 1. The molecule has 2 N–H and O–H groups in total. The van der Waals surface area contributed by atoms with Crippen LogP contribution in [-0.2, 0) is 9.53 Å². The van der Waals surface area contributed by atoms with Crippen LogP contribution in [0.5, 0.6) is 5.75 Å². The summed E-state index contributed by atoms with van der Waals surface area (Å²) in [6.07, 6.45) is -1.91. The summed E-state index contributed by atoms with van der Waals surface area (Å²) in [4.78, 5) is 24.2. The van der Waals surface area contributed by atoms with Crippen LogP contribution in [-0.4, -0.2) is 94.8 Å². The van der Waals surface area contributed by atoms with E-state index < -0.39 is 24.3 Å². The Labute approximate surface area is 264 Å². The Morgan fingerprint density at radius 1 is 1.07 bits per heavy atom. The lowest BCUT2D eigenvalue weighted by Crippen LogP contribution is -2.51. The van der Waals surface area contributed by atoms with E-state index in [-0.39, 0.29) is 42.1 Å². The Balaban J connectivity index is 1.07. The number of amides is 1. The topological polar surface area (TPSA) is 124 Å². The number of nitrogens with zero attached hydrogens (tertiary/aromatic N) is 5. The SMILES string of the molecule is N#Cc1cc(-c2nc(Nc3ccc(C4CCN(C5COC5)CC4)cc3)ncc2F)ccc1OC1CCN(C(=O)[C@H](O)C(F)F)CC1. The number of anilines is 2. The summed E-state index contributed by atoms with van der Waals surface area (Å²) >= 11 is 0. The van der Waals surface area contributed by atoms with Crippen LogP contribution in [0.15, 0.2) is 48.7 Å². The number of piperidine rings is 2. The van der Waals surface area contributed by atoms with Gasteiger partial charge in [0.1, 0.15) is 23.6 Å². The van der Waals surface area contributed by atoms with Crippen LogP contribution in [0, 0.1) is 17.1 Å². The molecule has 0 unspecified atom stereocenters. The molecule has 0 aliphatic carbocycles. The van der Waals surface area contributed by atoms with E-state index >= 15 is 0 Å². The number of hydrogen-bond acceptors (Lipinski definition) is 9. The number of likely N-dealkylation sites (tertiary alicyclic amines) is 2. The molecule has 13 heteroatoms. The maximum Gasteiger partial charge on any atom is 0.273 e. The van der Waals surface area contributed by atoms with Crippen LogP contribution >= 0.6 is 0 Å². The lowest BCUT2D eigenvalue weighted by atomic mass is 9.88. The van der Waals surface area contributed by atoms with E-state index in [1.165, 1.54) is 16.5 Å². The van der Waals surface area contributed by atoms with Crippen LogP contribution < -0.4 is 10.1 Å². The molecule has 0 saturated carbocycles. The second-order valence-electron chi connectivity index (χ2n) is 11.9. The average molecular weight is 637 g/mol. The molecule has 3 aliphatic rings. The summed E-state index contributed by atoms with van der Waals surface area (Å²) in [7, 11) is 0. The predicted octanol–water partition coefficient (Wildman–Crippen LogP) is 4.47. The third kappa shape index (κ3) is 7.09. The summed E-state index contributed by atoms with van der Waals surface area (Å²) < 4.78 is 51.6. The first-order valence-corrected chi connectivity index (χ1v) is 15.5. The first kappa shape index (κ1) is 31.7. The van der Waals surface area contributed by atoms with Crippen molar-refractivity contribution in [1.29, 1.82) is 5.26 Å². The van der Waals surface area contributed by atoms with E-state index in [2.05, 4.69) is 38.4 Å². The first-order valence-electron chi connectivity index (χ1n) is 15.5. The Morgan fingerprint density at radius 2 is 1.78 bits per heavy atom. The highest BCUT2D eigenvalue weighted by molar-refractivity contribution is 5.81. The molecule has 1 aromatic heterocycles. The smallest absolute Gasteiger partial charge is 0.273 e. The lowest BCUT2D eigenvalue weighted by Gasteiger charge is -2.41. The molecule has 3 aliphatic heterocycles. The van der Waals surface area contributed by atoms with Crippen LogP contribution in [0.2, 0.25) is 0 Å². The van der Waals surface area contributed by atoms with Gasteiger partial charge in [-0.3, -0.25) is 9.69 Å². The zero-order valence-corrected chi connectivity index (χ0v) is 25.1. The number of hydrogen-bond donors (Lipinski definition) is 2. The maximum absolute atomic E-state index is 14.9. The van der Waals surface area contributed by atoms with Crippen molar-refractivity contribution in [2.24, 2.45) is 0 Å². The Kier molecular flexibility index (Phi) is 9.67. The fraction of sp³-hybridized carbons (Fsp3) is 0.455. The van der Waals surface area contributed by atoms with Crippen molar-refractivity contribution in [3.05, 3.63) is 65.6 Å². The number of carbonyl (C=O) groups excluding carboxylic acids is 1. The molecule has 6 rings (SSSR count). The maximum atomic E-state index is 14.9. The van der Waals surface area contributed by atoms with E-state index in [1.54, 1.807) is 12.1 Å². The molecule has 242 valence electrons. The minimum absolute atomic E-state index is 0.0187. The van der Waals surface area contributed by atoms with Gasteiger partial charge in [0, 0.05) is 37.2 Å². The third-order valence-electron chi connectivity index (χ3n) is 8.96. The van der Waals surface area contributed by atoms with Crippen LogP contribution in [0.1, 0.15) is 42.7 Å². The molecule has 3 saturated heterocycles. The van der Waals surface area contributed by atoms with Crippen molar-refractivity contribution < 1.29 is 32.5 Å². The van der Waals surface area contributed by atoms with Gasteiger partial charge in [0.15, 0.2) is 11.9 Å². The normalized spacial score (nSPS) is 19.0. The average Bonchev–Trinajstić information content (AvgIpc) is 3.05. The van der Waals surface area contributed by atoms with E-state index in [0.29, 0.717) is 30.4 Å². The minimum Gasteiger partial charge on any atom is -0.489 e. The number of carbonyl (C=O) groups is 1. The second kappa shape index (κ2) is 14.0. The van der Waals surface area contributed by atoms with E-state index in [1.807, 2.05) is 12.1 Å². The molecule has 0 spiro atoms. The Hall–Kier alpha value is -4.25. The Bertz CT molecular complexity index is 1570. The van der Waals surface area contributed by atoms with E-state index in [4.69, 9.17) is 9.47 Å². The zero-order valence-electron chi connectivity index (χ0n) is 25.1. The van der Waals surface area contributed by atoms with Gasteiger partial charge < -0.3 is 24.8 Å². The number of benzene rings is 2. The third-order valence-corrected chi connectivity index (χ3v) is 8.96. The van der Waals surface area contributed by atoms with Crippen molar-refractivity contribution >= 4 is 17.5 Å². The van der Waals surface area contributed by atoms with Gasteiger partial charge in [-0.25, -0.2) is 23.1 Å². The molecule has 46 heavy (non-hydrogen) atoms. The summed E-state index contributed by atoms with van der Waals surface area (Å²) in [6, 6.07) is 15.4. The van der Waals surface area contributed by atoms with Crippen molar-refractivity contribution in [3.63, 3.8) is 0 Å². The van der Waals surface area contributed by atoms with Gasteiger partial charge in [0.25, 0.3) is 12.3 Å². The minimum atomic E-state index is -3.15. The number of ether oxygens (including phenoxy) is 2. The van der Waals surface area contributed by atoms with Crippen molar-refractivity contribution in [3.8, 4) is 23.1 Å². The van der Waals surface area contributed by atoms with Gasteiger partial charge in [0.05, 0.1) is 31.0 Å². The molecule has 4 heterocycles. The van der Waals surface area contributed by atoms with Gasteiger partial charge in [0.2, 0.25) is 5.95 Å². The molecule has 3 aromatic rings. The zero-order chi connectivity index (χ0) is 32.2. The molecule has 10 nitrogen and oxygen atoms in total. The number of nitrogens with one attached hydrogen (secondary N) is 1. The van der Waals surface area contributed by atoms with Gasteiger partial charge in [-0.2, -0.15) is 5.26 Å². The molecule has 2 aromatic carbocycles. The van der Waals surface area contributed by atoms with Gasteiger partial charge >= 0.3 is 0 Å². The Morgan fingerprint density at radius 3 is 2.41 bits per heavy atom. The van der Waals surface area contributed by atoms with E-state index in [0.717, 1.165) is 51.0 Å². The van der Waals surface area contributed by atoms with E-state index in [9.17, 15) is 28.3 Å². The van der Waals surface area contributed by atoms with Crippen LogP contribution in [0.4, 0.5) is 24.8 Å². The van der Waals surface area contributed by atoms with Gasteiger partial charge in [-0.05, 0) is 67.7 Å². The number of rotatable bonds is 9. The number of aromatic nitrogens is 2. The largest absolute Gasteiger partial charge is 0.489 e. The standard InChI is InChI=1S/C33H35F3N6O4/c34-27-17-38-33(39-24-4-1-20(2-5-24)21-7-11-41(12-8-21)25-18-45-19-25)40-29(27)22-3-6-28(23(15-22)16-37)46-26-9-13-42(14-10-26)32(44)30(43)31(35)36/h1-6,15,17,21,25-26,30-31,43H,7-14,18-19H2,(H,38,39,40)/t30-/m1/s1. The highest BCUT2D eigenvalue weighted by Crippen LogP contribution is 2.32. The molecule has 0 radical (unpaired) electrons. The highest BCUT2D eigenvalue weighted by atomic mass is 19.3. The first-order chi connectivity index (χ1) is 22.3. The quantitative estimate of drug-likeness (QED) is 0.350. The number of halogens is 3. The van der Waals surface area contributed by atoms with Gasteiger partial charge in [-0.1, -0.05) is 12.1 Å².